The zero-order chi connectivity index (χ0) is 17.1. The quantitative estimate of drug-likeness (QED) is 0.918. The Hall–Kier alpha value is -1.85. The van der Waals surface area contributed by atoms with Gasteiger partial charge in [0.05, 0.1) is 5.56 Å². The van der Waals surface area contributed by atoms with Crippen molar-refractivity contribution in [2.75, 3.05) is 0 Å². The number of aromatic carboxylic acids is 1. The van der Waals surface area contributed by atoms with Crippen molar-refractivity contribution in [3.63, 3.8) is 0 Å². The van der Waals surface area contributed by atoms with Gasteiger partial charge in [-0.1, -0.05) is 38.5 Å². The zero-order valence-electron chi connectivity index (χ0n) is 14.4. The van der Waals surface area contributed by atoms with Gasteiger partial charge in [-0.2, -0.15) is 5.10 Å². The van der Waals surface area contributed by atoms with Crippen LogP contribution in [0, 0.1) is 0 Å². The molecule has 0 radical (unpaired) electrons. The Balaban J connectivity index is 1.91. The summed E-state index contributed by atoms with van der Waals surface area (Å²) in [5.41, 5.74) is 0.111. The Morgan fingerprint density at radius 2 is 1.54 bits per heavy atom. The van der Waals surface area contributed by atoms with E-state index in [-0.39, 0.29) is 29.2 Å². The summed E-state index contributed by atoms with van der Waals surface area (Å²) in [7, 11) is 1.66. The highest BCUT2D eigenvalue weighted by molar-refractivity contribution is 6.03. The van der Waals surface area contributed by atoms with E-state index in [4.69, 9.17) is 0 Å². The molecule has 0 unspecified atom stereocenters. The van der Waals surface area contributed by atoms with Gasteiger partial charge in [0.2, 0.25) is 0 Å². The summed E-state index contributed by atoms with van der Waals surface area (Å²) in [4.78, 5) is 26.8. The molecule has 0 atom stereocenters. The molecule has 2 fully saturated rings. The summed E-state index contributed by atoms with van der Waals surface area (Å²) in [5.74, 6) is -1.27. The summed E-state index contributed by atoms with van der Waals surface area (Å²) in [5, 5.41) is 13.4. The van der Waals surface area contributed by atoms with E-state index in [1.807, 2.05) is 4.90 Å². The lowest BCUT2D eigenvalue weighted by molar-refractivity contribution is 0.0441. The SMILES string of the molecule is Cn1cc(C(=O)N(C2CCCCC2)C2CCCCC2)c(C(=O)O)n1. The van der Waals surface area contributed by atoms with Crippen molar-refractivity contribution in [2.24, 2.45) is 7.05 Å². The molecule has 0 bridgehead atoms. The van der Waals surface area contributed by atoms with Crippen LogP contribution in [0.2, 0.25) is 0 Å². The number of hydrogen-bond donors (Lipinski definition) is 1. The van der Waals surface area contributed by atoms with Crippen LogP contribution >= 0.6 is 0 Å². The first kappa shape index (κ1) is 17.0. The van der Waals surface area contributed by atoms with Gasteiger partial charge in [0.1, 0.15) is 0 Å². The second kappa shape index (κ2) is 7.36. The van der Waals surface area contributed by atoms with Crippen molar-refractivity contribution in [2.45, 2.75) is 76.3 Å². The monoisotopic (exact) mass is 333 g/mol. The second-order valence-electron chi connectivity index (χ2n) is 7.17. The van der Waals surface area contributed by atoms with Crippen LogP contribution in [0.15, 0.2) is 6.20 Å². The molecule has 1 N–H and O–H groups in total. The molecular weight excluding hydrogens is 306 g/mol. The topological polar surface area (TPSA) is 75.4 Å². The molecule has 0 aliphatic heterocycles. The van der Waals surface area contributed by atoms with Crippen LogP contribution in [0.4, 0.5) is 0 Å². The average Bonchev–Trinajstić information content (AvgIpc) is 2.99. The lowest BCUT2D eigenvalue weighted by Crippen LogP contribution is -2.49. The van der Waals surface area contributed by atoms with Gasteiger partial charge in [0.25, 0.3) is 5.91 Å². The summed E-state index contributed by atoms with van der Waals surface area (Å²) in [6.07, 6.45) is 12.8. The smallest absolute Gasteiger partial charge is 0.357 e. The Morgan fingerprint density at radius 3 is 2.00 bits per heavy atom. The van der Waals surface area contributed by atoms with Gasteiger partial charge in [0.15, 0.2) is 5.69 Å². The number of aryl methyl sites for hydroxylation is 1. The summed E-state index contributed by atoms with van der Waals surface area (Å²) in [6, 6.07) is 0.493. The van der Waals surface area contributed by atoms with Crippen LogP contribution in [-0.2, 0) is 7.05 Å². The second-order valence-corrected chi connectivity index (χ2v) is 7.17. The number of hydrogen-bond acceptors (Lipinski definition) is 3. The lowest BCUT2D eigenvalue weighted by Gasteiger charge is -2.41. The average molecular weight is 333 g/mol. The molecule has 1 heterocycles. The molecule has 1 amide bonds. The molecule has 2 aliphatic carbocycles. The maximum absolute atomic E-state index is 13.3. The van der Waals surface area contributed by atoms with Gasteiger partial charge in [-0.15, -0.1) is 0 Å². The van der Waals surface area contributed by atoms with E-state index < -0.39 is 5.97 Å². The van der Waals surface area contributed by atoms with Crippen molar-refractivity contribution in [3.8, 4) is 0 Å². The molecule has 0 aromatic carbocycles. The van der Waals surface area contributed by atoms with Gasteiger partial charge in [0, 0.05) is 25.3 Å². The van der Waals surface area contributed by atoms with Gasteiger partial charge < -0.3 is 10.0 Å². The third-order valence-corrected chi connectivity index (χ3v) is 5.43. The standard InChI is InChI=1S/C18H27N3O3/c1-20-12-15(16(19-20)18(23)24)17(22)21(13-8-4-2-5-9-13)14-10-6-3-7-11-14/h12-14H,2-11H2,1H3,(H,23,24). The maximum Gasteiger partial charge on any atom is 0.357 e. The molecule has 0 saturated heterocycles. The third-order valence-electron chi connectivity index (χ3n) is 5.43. The Labute approximate surface area is 142 Å². The van der Waals surface area contributed by atoms with Gasteiger partial charge >= 0.3 is 5.97 Å². The van der Waals surface area contributed by atoms with Crippen LogP contribution < -0.4 is 0 Å². The first-order valence-corrected chi connectivity index (χ1v) is 9.17. The van der Waals surface area contributed by atoms with E-state index in [9.17, 15) is 14.7 Å². The number of carboxylic acid groups (broad SMARTS) is 1. The fraction of sp³-hybridized carbons (Fsp3) is 0.722. The first-order valence-electron chi connectivity index (χ1n) is 9.17. The fourth-order valence-corrected chi connectivity index (χ4v) is 4.29. The third kappa shape index (κ3) is 3.47. The molecule has 1 aromatic heterocycles. The molecule has 0 spiro atoms. The van der Waals surface area contributed by atoms with E-state index in [1.165, 1.54) is 17.5 Å². The zero-order valence-corrected chi connectivity index (χ0v) is 14.4. The van der Waals surface area contributed by atoms with Crippen molar-refractivity contribution in [1.82, 2.24) is 14.7 Å². The number of rotatable bonds is 4. The molecule has 6 heteroatoms. The largest absolute Gasteiger partial charge is 0.476 e. The Morgan fingerprint density at radius 1 is 1.04 bits per heavy atom. The van der Waals surface area contributed by atoms with Gasteiger partial charge in [-0.25, -0.2) is 4.79 Å². The highest BCUT2D eigenvalue weighted by Crippen LogP contribution is 2.31. The van der Waals surface area contributed by atoms with Crippen molar-refractivity contribution in [3.05, 3.63) is 17.5 Å². The highest BCUT2D eigenvalue weighted by atomic mass is 16.4. The molecular formula is C18H27N3O3. The Bertz CT molecular complexity index is 581. The number of carbonyl (C=O) groups is 2. The van der Waals surface area contributed by atoms with Crippen LogP contribution in [-0.4, -0.2) is 43.7 Å². The van der Waals surface area contributed by atoms with Crippen molar-refractivity contribution >= 4 is 11.9 Å². The van der Waals surface area contributed by atoms with Crippen LogP contribution in [0.25, 0.3) is 0 Å². The number of carboxylic acids is 1. The first-order chi connectivity index (χ1) is 11.6. The van der Waals surface area contributed by atoms with E-state index in [2.05, 4.69) is 5.10 Å². The minimum atomic E-state index is -1.13. The van der Waals surface area contributed by atoms with E-state index in [1.54, 1.807) is 13.2 Å². The molecule has 3 rings (SSSR count). The minimum absolute atomic E-state index is 0.126. The van der Waals surface area contributed by atoms with Crippen LogP contribution in [0.5, 0.6) is 0 Å². The maximum atomic E-state index is 13.3. The predicted molar refractivity (Wildman–Crippen MR) is 90.1 cm³/mol. The van der Waals surface area contributed by atoms with Crippen molar-refractivity contribution < 1.29 is 14.7 Å². The van der Waals surface area contributed by atoms with Gasteiger partial charge in [-0.05, 0) is 25.7 Å². The summed E-state index contributed by atoms with van der Waals surface area (Å²) >= 11 is 0. The minimum Gasteiger partial charge on any atom is -0.476 e. The molecule has 2 saturated carbocycles. The summed E-state index contributed by atoms with van der Waals surface area (Å²) in [6.45, 7) is 0. The number of carbonyl (C=O) groups excluding carboxylic acids is 1. The molecule has 1 aromatic rings. The van der Waals surface area contributed by atoms with Crippen LogP contribution in [0.1, 0.15) is 85.1 Å². The van der Waals surface area contributed by atoms with Crippen molar-refractivity contribution in [1.29, 1.82) is 0 Å². The molecule has 6 nitrogen and oxygen atoms in total. The normalized spacial score (nSPS) is 20.0. The lowest BCUT2D eigenvalue weighted by atomic mass is 9.88. The Kier molecular flexibility index (Phi) is 5.21. The molecule has 24 heavy (non-hydrogen) atoms. The van der Waals surface area contributed by atoms with E-state index in [0.717, 1.165) is 51.4 Å². The molecule has 2 aliphatic rings. The molecule has 132 valence electrons. The predicted octanol–water partition coefficient (Wildman–Crippen LogP) is 3.23. The number of aromatic nitrogens is 2. The summed E-state index contributed by atoms with van der Waals surface area (Å²) < 4.78 is 1.43. The number of amides is 1. The van der Waals surface area contributed by atoms with E-state index >= 15 is 0 Å². The highest BCUT2D eigenvalue weighted by Gasteiger charge is 2.35. The van der Waals surface area contributed by atoms with E-state index in [0.29, 0.717) is 0 Å². The van der Waals surface area contributed by atoms with Gasteiger partial charge in [-0.3, -0.25) is 9.48 Å². The number of nitrogens with zero attached hydrogens (tertiary/aromatic N) is 3. The fourth-order valence-electron chi connectivity index (χ4n) is 4.29. The van der Waals surface area contributed by atoms with Crippen LogP contribution in [0.3, 0.4) is 0 Å².